The number of carboxylic acids is 1. The second kappa shape index (κ2) is 8.46. The number of aromatic carboxylic acids is 1. The zero-order valence-electron chi connectivity index (χ0n) is 18.5. The molecule has 164 valence electrons. The standard InChI is InChI=1S/C27H29N3O2/c1-3-20-14-18(2)26-23(10-11-28-26)24(20)16-30-13-12-29(15-19-4-5-19)17-25(30)21-6-8-22(9-7-21)27(31)32/h1,6-11,14,19,25,28H,4-5,12-13,15-17H2,2H3,(H,31,32)/t25-/m0/s1. The van der Waals surface area contributed by atoms with Gasteiger partial charge in [0, 0.05) is 61.4 Å². The van der Waals surface area contributed by atoms with E-state index in [0.717, 1.165) is 54.3 Å². The quantitative estimate of drug-likeness (QED) is 0.572. The Morgan fingerprint density at radius 1 is 1.22 bits per heavy atom. The maximum atomic E-state index is 11.3. The lowest BCUT2D eigenvalue weighted by Gasteiger charge is -2.42. The van der Waals surface area contributed by atoms with Gasteiger partial charge in [-0.15, -0.1) is 6.42 Å². The first-order chi connectivity index (χ1) is 15.5. The summed E-state index contributed by atoms with van der Waals surface area (Å²) in [4.78, 5) is 19.8. The third kappa shape index (κ3) is 4.04. The summed E-state index contributed by atoms with van der Waals surface area (Å²) in [7, 11) is 0. The summed E-state index contributed by atoms with van der Waals surface area (Å²) in [5.74, 6) is 2.87. The summed E-state index contributed by atoms with van der Waals surface area (Å²) in [6.45, 7) is 7.00. The lowest BCUT2D eigenvalue weighted by Crippen LogP contribution is -2.48. The molecule has 2 heterocycles. The molecule has 1 aromatic heterocycles. The highest BCUT2D eigenvalue weighted by Crippen LogP contribution is 2.34. The minimum Gasteiger partial charge on any atom is -0.478 e. The molecule has 2 aliphatic rings. The van der Waals surface area contributed by atoms with Crippen LogP contribution in [-0.2, 0) is 6.54 Å². The predicted molar refractivity (Wildman–Crippen MR) is 127 cm³/mol. The maximum Gasteiger partial charge on any atom is 0.335 e. The number of rotatable bonds is 6. The van der Waals surface area contributed by atoms with Crippen molar-refractivity contribution < 1.29 is 9.90 Å². The minimum atomic E-state index is -0.888. The topological polar surface area (TPSA) is 59.6 Å². The highest BCUT2D eigenvalue weighted by molar-refractivity contribution is 5.88. The molecule has 1 atom stereocenters. The average Bonchev–Trinajstić information content (AvgIpc) is 3.47. The molecule has 1 saturated heterocycles. The predicted octanol–water partition coefficient (Wildman–Crippen LogP) is 4.42. The molecule has 5 rings (SSSR count). The van der Waals surface area contributed by atoms with Crippen LogP contribution >= 0.6 is 0 Å². The van der Waals surface area contributed by atoms with Gasteiger partial charge in [-0.05, 0) is 66.6 Å². The van der Waals surface area contributed by atoms with Crippen molar-refractivity contribution in [2.75, 3.05) is 26.2 Å². The van der Waals surface area contributed by atoms with Gasteiger partial charge in [0.05, 0.1) is 5.56 Å². The van der Waals surface area contributed by atoms with Crippen molar-refractivity contribution in [3.8, 4) is 12.3 Å². The van der Waals surface area contributed by atoms with Crippen LogP contribution in [0.1, 0.15) is 51.5 Å². The van der Waals surface area contributed by atoms with Crippen LogP contribution in [0.3, 0.4) is 0 Å². The fraction of sp³-hybridized carbons (Fsp3) is 0.370. The molecule has 5 heteroatoms. The number of aromatic amines is 1. The van der Waals surface area contributed by atoms with Gasteiger partial charge in [0.2, 0.25) is 0 Å². The van der Waals surface area contributed by atoms with E-state index in [1.165, 1.54) is 30.3 Å². The molecule has 0 unspecified atom stereocenters. The highest BCUT2D eigenvalue weighted by Gasteiger charge is 2.32. The molecule has 2 fully saturated rings. The number of fused-ring (bicyclic) bond motifs is 1. The van der Waals surface area contributed by atoms with Crippen LogP contribution in [0, 0.1) is 25.2 Å². The van der Waals surface area contributed by atoms with Crippen LogP contribution in [0.15, 0.2) is 42.6 Å². The molecule has 2 N–H and O–H groups in total. The Kier molecular flexibility index (Phi) is 5.50. The zero-order chi connectivity index (χ0) is 22.2. The Morgan fingerprint density at radius 3 is 2.69 bits per heavy atom. The van der Waals surface area contributed by atoms with Gasteiger partial charge in [-0.25, -0.2) is 4.79 Å². The second-order valence-corrected chi connectivity index (χ2v) is 9.25. The molecule has 1 aliphatic carbocycles. The van der Waals surface area contributed by atoms with Gasteiger partial charge < -0.3 is 10.1 Å². The average molecular weight is 428 g/mol. The normalized spacial score (nSPS) is 19.8. The van der Waals surface area contributed by atoms with Gasteiger partial charge in [0.25, 0.3) is 0 Å². The van der Waals surface area contributed by atoms with E-state index in [2.05, 4.69) is 39.8 Å². The number of H-pyrrole nitrogens is 1. The fourth-order valence-corrected chi connectivity index (χ4v) is 5.03. The van der Waals surface area contributed by atoms with E-state index in [9.17, 15) is 9.90 Å². The number of aryl methyl sites for hydroxylation is 1. The van der Waals surface area contributed by atoms with Crippen LogP contribution in [0.25, 0.3) is 10.9 Å². The number of terminal acetylenes is 1. The first-order valence-electron chi connectivity index (χ1n) is 11.4. The third-order valence-corrected chi connectivity index (χ3v) is 7.00. The second-order valence-electron chi connectivity index (χ2n) is 9.25. The van der Waals surface area contributed by atoms with Crippen LogP contribution in [0.2, 0.25) is 0 Å². The van der Waals surface area contributed by atoms with E-state index in [1.54, 1.807) is 12.1 Å². The lowest BCUT2D eigenvalue weighted by molar-refractivity contribution is 0.0653. The fourth-order valence-electron chi connectivity index (χ4n) is 5.03. The summed E-state index contributed by atoms with van der Waals surface area (Å²) in [6, 6.07) is 11.8. The highest BCUT2D eigenvalue weighted by atomic mass is 16.4. The van der Waals surface area contributed by atoms with E-state index >= 15 is 0 Å². The van der Waals surface area contributed by atoms with Crippen molar-refractivity contribution >= 4 is 16.9 Å². The van der Waals surface area contributed by atoms with Gasteiger partial charge in [0.1, 0.15) is 0 Å². The largest absolute Gasteiger partial charge is 0.478 e. The van der Waals surface area contributed by atoms with E-state index < -0.39 is 5.97 Å². The Balaban J connectivity index is 1.48. The molecule has 32 heavy (non-hydrogen) atoms. The molecule has 1 saturated carbocycles. The number of hydrogen-bond acceptors (Lipinski definition) is 3. The van der Waals surface area contributed by atoms with Gasteiger partial charge >= 0.3 is 5.97 Å². The SMILES string of the molecule is C#Cc1cc(C)c2[nH]ccc2c1CN1CCN(CC2CC2)C[C@H]1c1ccc(C(=O)O)cc1. The van der Waals surface area contributed by atoms with Gasteiger partial charge in [0.15, 0.2) is 0 Å². The van der Waals surface area contributed by atoms with Gasteiger partial charge in [-0.3, -0.25) is 9.80 Å². The van der Waals surface area contributed by atoms with Crippen LogP contribution in [0.5, 0.6) is 0 Å². The smallest absolute Gasteiger partial charge is 0.335 e. The number of benzene rings is 2. The van der Waals surface area contributed by atoms with E-state index in [1.807, 2.05) is 18.3 Å². The first kappa shape index (κ1) is 20.8. The molecule has 0 spiro atoms. The molecule has 1 aliphatic heterocycles. The number of nitrogens with zero attached hydrogens (tertiary/aromatic N) is 2. The van der Waals surface area contributed by atoms with Gasteiger partial charge in [-0.1, -0.05) is 18.1 Å². The van der Waals surface area contributed by atoms with Crippen molar-refractivity contribution in [1.82, 2.24) is 14.8 Å². The molecular weight excluding hydrogens is 398 g/mol. The van der Waals surface area contributed by atoms with Gasteiger partial charge in [-0.2, -0.15) is 0 Å². The summed E-state index contributed by atoms with van der Waals surface area (Å²) in [5, 5.41) is 10.5. The Bertz CT molecular complexity index is 1180. The summed E-state index contributed by atoms with van der Waals surface area (Å²) in [5.41, 5.74) is 5.95. The number of piperazine rings is 1. The van der Waals surface area contributed by atoms with E-state index in [4.69, 9.17) is 6.42 Å². The van der Waals surface area contributed by atoms with Crippen LogP contribution in [0.4, 0.5) is 0 Å². The lowest BCUT2D eigenvalue weighted by atomic mass is 9.96. The third-order valence-electron chi connectivity index (χ3n) is 7.00. The summed E-state index contributed by atoms with van der Waals surface area (Å²) >= 11 is 0. The Hall–Kier alpha value is -3.07. The van der Waals surface area contributed by atoms with Crippen molar-refractivity contribution in [2.24, 2.45) is 5.92 Å². The zero-order valence-corrected chi connectivity index (χ0v) is 18.5. The summed E-state index contributed by atoms with van der Waals surface area (Å²) in [6.07, 6.45) is 10.6. The number of nitrogens with one attached hydrogen (secondary N) is 1. The van der Waals surface area contributed by atoms with Crippen LogP contribution < -0.4 is 0 Å². The Labute approximate surface area is 189 Å². The van der Waals surface area contributed by atoms with Crippen molar-refractivity contribution in [3.05, 3.63) is 70.4 Å². The van der Waals surface area contributed by atoms with Crippen molar-refractivity contribution in [3.63, 3.8) is 0 Å². The Morgan fingerprint density at radius 2 is 2.00 bits per heavy atom. The number of aromatic nitrogens is 1. The number of carboxylic acid groups (broad SMARTS) is 1. The maximum absolute atomic E-state index is 11.3. The number of hydrogen-bond donors (Lipinski definition) is 2. The minimum absolute atomic E-state index is 0.200. The van der Waals surface area contributed by atoms with Crippen molar-refractivity contribution in [1.29, 1.82) is 0 Å². The molecule has 0 bridgehead atoms. The summed E-state index contributed by atoms with van der Waals surface area (Å²) < 4.78 is 0. The molecular formula is C27H29N3O2. The van der Waals surface area contributed by atoms with Crippen molar-refractivity contribution in [2.45, 2.75) is 32.4 Å². The number of carbonyl (C=O) groups is 1. The molecule has 0 radical (unpaired) electrons. The molecule has 3 aromatic rings. The molecule has 5 nitrogen and oxygen atoms in total. The van der Waals surface area contributed by atoms with E-state index in [-0.39, 0.29) is 6.04 Å². The first-order valence-corrected chi connectivity index (χ1v) is 11.4. The van der Waals surface area contributed by atoms with E-state index in [0.29, 0.717) is 5.56 Å². The molecule has 0 amide bonds. The monoisotopic (exact) mass is 427 g/mol. The van der Waals surface area contributed by atoms with Crippen LogP contribution in [-0.4, -0.2) is 52.0 Å². The molecule has 2 aromatic carbocycles.